The van der Waals surface area contributed by atoms with Gasteiger partial charge in [0.15, 0.2) is 0 Å². The Labute approximate surface area is 96.0 Å². The Morgan fingerprint density at radius 3 is 2.75 bits per heavy atom. The van der Waals surface area contributed by atoms with Crippen LogP contribution in [0.4, 0.5) is 11.4 Å². The number of phenols is 1. The zero-order valence-electron chi connectivity index (χ0n) is 8.31. The van der Waals surface area contributed by atoms with Crippen LogP contribution in [0.25, 0.3) is 0 Å². The number of anilines is 1. The zero-order chi connectivity index (χ0) is 12.3. The molecule has 2 N–H and O–H groups in total. The van der Waals surface area contributed by atoms with Crippen molar-refractivity contribution in [2.75, 3.05) is 5.32 Å². The first-order valence-electron chi connectivity index (χ1n) is 4.34. The third kappa shape index (κ3) is 2.83. The monoisotopic (exact) mass is 244 g/mol. The number of hydrogen-bond acceptors (Lipinski definition) is 4. The molecular weight excluding hydrogens is 236 g/mol. The second kappa shape index (κ2) is 4.80. The number of nitrogens with one attached hydrogen (secondary N) is 1. The van der Waals surface area contributed by atoms with Gasteiger partial charge in [0.25, 0.3) is 5.69 Å². The Kier molecular flexibility index (Phi) is 3.68. The number of carbonyl (C=O) groups is 1. The van der Waals surface area contributed by atoms with E-state index in [9.17, 15) is 20.0 Å². The summed E-state index contributed by atoms with van der Waals surface area (Å²) >= 11 is 5.51. The predicted octanol–water partition coefficient (Wildman–Crippen LogP) is 1.87. The van der Waals surface area contributed by atoms with Crippen molar-refractivity contribution in [3.05, 3.63) is 28.3 Å². The number of nitro benzene ring substituents is 1. The third-order valence-electron chi connectivity index (χ3n) is 1.81. The van der Waals surface area contributed by atoms with E-state index in [2.05, 4.69) is 5.32 Å². The Morgan fingerprint density at radius 1 is 1.62 bits per heavy atom. The summed E-state index contributed by atoms with van der Waals surface area (Å²) in [6, 6.07) is 3.33. The molecule has 0 aromatic heterocycles. The van der Waals surface area contributed by atoms with Gasteiger partial charge in [0.2, 0.25) is 5.91 Å². The lowest BCUT2D eigenvalue weighted by molar-refractivity contribution is -0.384. The fourth-order valence-electron chi connectivity index (χ4n) is 0.970. The minimum Gasteiger partial charge on any atom is -0.506 e. The summed E-state index contributed by atoms with van der Waals surface area (Å²) in [6.45, 7) is 1.45. The highest BCUT2D eigenvalue weighted by Crippen LogP contribution is 2.27. The van der Waals surface area contributed by atoms with Crippen LogP contribution in [0.5, 0.6) is 5.75 Å². The van der Waals surface area contributed by atoms with Crippen molar-refractivity contribution in [1.82, 2.24) is 0 Å². The molecule has 86 valence electrons. The van der Waals surface area contributed by atoms with Gasteiger partial charge in [-0.1, -0.05) is 0 Å². The van der Waals surface area contributed by atoms with Gasteiger partial charge in [-0.3, -0.25) is 14.9 Å². The number of non-ortho nitro benzene ring substituents is 1. The molecule has 0 saturated carbocycles. The van der Waals surface area contributed by atoms with Gasteiger partial charge in [-0.25, -0.2) is 0 Å². The van der Waals surface area contributed by atoms with Crippen LogP contribution in [-0.4, -0.2) is 21.3 Å². The summed E-state index contributed by atoms with van der Waals surface area (Å²) in [5.41, 5.74) is -0.262. The van der Waals surface area contributed by atoms with Gasteiger partial charge < -0.3 is 10.4 Å². The summed E-state index contributed by atoms with van der Waals surface area (Å²) in [5, 5.41) is 21.3. The molecule has 7 heteroatoms. The van der Waals surface area contributed by atoms with Crippen LogP contribution in [-0.2, 0) is 4.79 Å². The van der Waals surface area contributed by atoms with E-state index >= 15 is 0 Å². The molecule has 1 aromatic rings. The third-order valence-corrected chi connectivity index (χ3v) is 2.01. The minimum atomic E-state index is -0.793. The SMILES string of the molecule is C[C@@H](Cl)C(=O)Nc1cc([N+](=O)[O-])ccc1O. The van der Waals surface area contributed by atoms with Gasteiger partial charge >= 0.3 is 0 Å². The molecule has 6 nitrogen and oxygen atoms in total. The van der Waals surface area contributed by atoms with Crippen LogP contribution < -0.4 is 5.32 Å². The number of carbonyl (C=O) groups excluding carboxylic acids is 1. The summed E-state index contributed by atoms with van der Waals surface area (Å²) in [5.74, 6) is -0.797. The smallest absolute Gasteiger partial charge is 0.271 e. The van der Waals surface area contributed by atoms with Crippen molar-refractivity contribution in [3.63, 3.8) is 0 Å². The molecule has 1 aromatic carbocycles. The van der Waals surface area contributed by atoms with Crippen molar-refractivity contribution >= 4 is 28.9 Å². The number of nitro groups is 1. The number of rotatable bonds is 3. The average Bonchev–Trinajstić information content (AvgIpc) is 2.20. The maximum absolute atomic E-state index is 11.2. The predicted molar refractivity (Wildman–Crippen MR) is 58.7 cm³/mol. The number of benzene rings is 1. The normalized spacial score (nSPS) is 11.9. The molecule has 0 aliphatic heterocycles. The van der Waals surface area contributed by atoms with Crippen LogP contribution in [0.1, 0.15) is 6.92 Å². The Morgan fingerprint density at radius 2 is 2.25 bits per heavy atom. The van der Waals surface area contributed by atoms with E-state index in [1.807, 2.05) is 0 Å². The van der Waals surface area contributed by atoms with Crippen LogP contribution in [0.3, 0.4) is 0 Å². The van der Waals surface area contributed by atoms with Crippen molar-refractivity contribution in [3.8, 4) is 5.75 Å². The number of hydrogen-bond donors (Lipinski definition) is 2. The lowest BCUT2D eigenvalue weighted by Gasteiger charge is -2.07. The maximum Gasteiger partial charge on any atom is 0.271 e. The van der Waals surface area contributed by atoms with E-state index in [0.717, 1.165) is 18.2 Å². The largest absolute Gasteiger partial charge is 0.506 e. The van der Waals surface area contributed by atoms with Crippen molar-refractivity contribution in [2.45, 2.75) is 12.3 Å². The van der Waals surface area contributed by atoms with E-state index in [0.29, 0.717) is 0 Å². The van der Waals surface area contributed by atoms with Gasteiger partial charge in [0.1, 0.15) is 11.1 Å². The first-order chi connectivity index (χ1) is 7.41. The topological polar surface area (TPSA) is 92.5 Å². The van der Waals surface area contributed by atoms with Crippen LogP contribution in [0, 0.1) is 10.1 Å². The standard InChI is InChI=1S/C9H9ClN2O4/c1-5(10)9(14)11-7-4-6(12(15)16)2-3-8(7)13/h2-5,13H,1H3,(H,11,14)/t5-/m1/s1. The molecular formula is C9H9ClN2O4. The van der Waals surface area contributed by atoms with Crippen molar-refractivity contribution in [2.24, 2.45) is 0 Å². The summed E-state index contributed by atoms with van der Waals surface area (Å²) in [6.07, 6.45) is 0. The zero-order valence-corrected chi connectivity index (χ0v) is 9.06. The first kappa shape index (κ1) is 12.3. The van der Waals surface area contributed by atoms with Crippen LogP contribution >= 0.6 is 11.6 Å². The molecule has 0 fully saturated rings. The molecule has 1 amide bonds. The van der Waals surface area contributed by atoms with E-state index in [1.54, 1.807) is 0 Å². The van der Waals surface area contributed by atoms with Gasteiger partial charge in [-0.2, -0.15) is 0 Å². The minimum absolute atomic E-state index is 0.0355. The number of alkyl halides is 1. The molecule has 0 saturated heterocycles. The van der Waals surface area contributed by atoms with Crippen LogP contribution in [0.2, 0.25) is 0 Å². The average molecular weight is 245 g/mol. The van der Waals surface area contributed by atoms with Gasteiger partial charge in [0, 0.05) is 12.1 Å². The molecule has 0 radical (unpaired) electrons. The second-order valence-electron chi connectivity index (χ2n) is 3.06. The summed E-state index contributed by atoms with van der Waals surface area (Å²) < 4.78 is 0. The second-order valence-corrected chi connectivity index (χ2v) is 3.72. The highest BCUT2D eigenvalue weighted by molar-refractivity contribution is 6.32. The first-order valence-corrected chi connectivity index (χ1v) is 4.78. The van der Waals surface area contributed by atoms with E-state index in [1.165, 1.54) is 6.92 Å². The highest BCUT2D eigenvalue weighted by atomic mass is 35.5. The van der Waals surface area contributed by atoms with E-state index < -0.39 is 16.2 Å². The van der Waals surface area contributed by atoms with Gasteiger partial charge in [-0.15, -0.1) is 11.6 Å². The Balaban J connectivity index is 2.99. The molecule has 0 bridgehead atoms. The summed E-state index contributed by atoms with van der Waals surface area (Å²) in [4.78, 5) is 21.1. The molecule has 1 rings (SSSR count). The fraction of sp³-hybridized carbons (Fsp3) is 0.222. The molecule has 0 unspecified atom stereocenters. The van der Waals surface area contributed by atoms with Crippen molar-refractivity contribution in [1.29, 1.82) is 0 Å². The molecule has 0 spiro atoms. The molecule has 16 heavy (non-hydrogen) atoms. The van der Waals surface area contributed by atoms with Gasteiger partial charge in [0.05, 0.1) is 10.6 Å². The maximum atomic E-state index is 11.2. The quantitative estimate of drug-likeness (QED) is 0.367. The number of phenolic OH excluding ortho intramolecular Hbond substituents is 1. The lowest BCUT2D eigenvalue weighted by Crippen LogP contribution is -2.20. The molecule has 1 atom stereocenters. The number of amides is 1. The lowest BCUT2D eigenvalue weighted by atomic mass is 10.2. The van der Waals surface area contributed by atoms with E-state index in [-0.39, 0.29) is 17.1 Å². The number of aromatic hydroxyl groups is 1. The summed E-state index contributed by atoms with van der Waals surface area (Å²) in [7, 11) is 0. The fourth-order valence-corrected chi connectivity index (χ4v) is 1.02. The Hall–Kier alpha value is -1.82. The number of nitrogens with zero attached hydrogens (tertiary/aromatic N) is 1. The number of halogens is 1. The molecule has 0 heterocycles. The molecule has 0 aliphatic rings. The van der Waals surface area contributed by atoms with Crippen molar-refractivity contribution < 1.29 is 14.8 Å². The molecule has 0 aliphatic carbocycles. The van der Waals surface area contributed by atoms with Gasteiger partial charge in [-0.05, 0) is 13.0 Å². The Bertz CT molecular complexity index is 434. The highest BCUT2D eigenvalue weighted by Gasteiger charge is 2.15. The van der Waals surface area contributed by atoms with E-state index in [4.69, 9.17) is 11.6 Å². The van der Waals surface area contributed by atoms with Crippen LogP contribution in [0.15, 0.2) is 18.2 Å².